The van der Waals surface area contributed by atoms with Gasteiger partial charge in [0.1, 0.15) is 6.04 Å². The van der Waals surface area contributed by atoms with Gasteiger partial charge in [-0.05, 0) is 5.92 Å². The molecule has 0 radical (unpaired) electrons. The molecule has 6 nitrogen and oxygen atoms in total. The molecule has 0 spiro atoms. The zero-order chi connectivity index (χ0) is 16.8. The molecule has 1 aliphatic heterocycles. The number of halogens is 3. The Morgan fingerprint density at radius 3 is 2.36 bits per heavy atom. The van der Waals surface area contributed by atoms with Crippen LogP contribution >= 0.6 is 0 Å². The molecule has 0 saturated carbocycles. The summed E-state index contributed by atoms with van der Waals surface area (Å²) in [6.45, 7) is 3.09. The lowest BCUT2D eigenvalue weighted by Crippen LogP contribution is -2.47. The van der Waals surface area contributed by atoms with Crippen LogP contribution in [-0.4, -0.2) is 68.4 Å². The molecule has 0 aromatic carbocycles. The van der Waals surface area contributed by atoms with Gasteiger partial charge in [0.25, 0.3) is 5.91 Å². The second-order valence-electron chi connectivity index (χ2n) is 5.32. The number of alkyl halides is 3. The largest absolute Gasteiger partial charge is 0.454 e. The first kappa shape index (κ1) is 18.7. The number of hydrogen-bond acceptors (Lipinski definition) is 5. The van der Waals surface area contributed by atoms with Crippen molar-refractivity contribution in [3.63, 3.8) is 0 Å². The van der Waals surface area contributed by atoms with E-state index in [-0.39, 0.29) is 5.91 Å². The normalized spacial score (nSPS) is 17.5. The van der Waals surface area contributed by atoms with Crippen LogP contribution in [0.25, 0.3) is 0 Å². The van der Waals surface area contributed by atoms with Crippen molar-refractivity contribution in [1.29, 1.82) is 0 Å². The monoisotopic (exact) mass is 326 g/mol. The van der Waals surface area contributed by atoms with Crippen molar-refractivity contribution in [2.75, 3.05) is 39.5 Å². The highest BCUT2D eigenvalue weighted by Crippen LogP contribution is 2.14. The van der Waals surface area contributed by atoms with Crippen molar-refractivity contribution in [1.82, 2.24) is 10.2 Å². The highest BCUT2D eigenvalue weighted by molar-refractivity contribution is 5.82. The molecule has 0 aromatic rings. The minimum atomic E-state index is -4.42. The van der Waals surface area contributed by atoms with Crippen molar-refractivity contribution in [2.24, 2.45) is 5.92 Å². The van der Waals surface area contributed by atoms with Crippen LogP contribution in [0.5, 0.6) is 0 Å². The lowest BCUT2D eigenvalue weighted by atomic mass is 10.0. The highest BCUT2D eigenvalue weighted by Gasteiger charge is 2.32. The zero-order valence-electron chi connectivity index (χ0n) is 12.6. The summed E-state index contributed by atoms with van der Waals surface area (Å²) in [6.07, 6.45) is -4.42. The molecule has 0 aliphatic carbocycles. The molecule has 0 aromatic heterocycles. The molecule has 1 heterocycles. The van der Waals surface area contributed by atoms with E-state index in [0.717, 1.165) is 0 Å². The first-order valence-electron chi connectivity index (χ1n) is 7.03. The smallest absolute Gasteiger partial charge is 0.401 e. The molecule has 1 rings (SSSR count). The maximum absolute atomic E-state index is 12.2. The van der Waals surface area contributed by atoms with Crippen molar-refractivity contribution in [3.8, 4) is 0 Å². The van der Waals surface area contributed by atoms with Crippen LogP contribution in [0, 0.1) is 5.92 Å². The van der Waals surface area contributed by atoms with Crippen molar-refractivity contribution >= 4 is 11.9 Å². The second kappa shape index (κ2) is 8.33. The summed E-state index contributed by atoms with van der Waals surface area (Å²) >= 11 is 0. The third-order valence-electron chi connectivity index (χ3n) is 3.14. The molecule has 1 saturated heterocycles. The first-order valence-corrected chi connectivity index (χ1v) is 7.03. The van der Waals surface area contributed by atoms with E-state index in [1.165, 1.54) is 4.90 Å². The number of nitrogens with zero attached hydrogens (tertiary/aromatic N) is 1. The minimum Gasteiger partial charge on any atom is -0.454 e. The Labute approximate surface area is 126 Å². The number of ether oxygens (including phenoxy) is 2. The van der Waals surface area contributed by atoms with Crippen LogP contribution in [0.3, 0.4) is 0 Å². The molecule has 1 fully saturated rings. The zero-order valence-corrected chi connectivity index (χ0v) is 12.6. The molecular formula is C13H21F3N2O4. The summed E-state index contributed by atoms with van der Waals surface area (Å²) in [5.74, 6) is -1.64. The van der Waals surface area contributed by atoms with Gasteiger partial charge in [-0.3, -0.25) is 14.9 Å². The third-order valence-corrected chi connectivity index (χ3v) is 3.14. The summed E-state index contributed by atoms with van der Waals surface area (Å²) in [4.78, 5) is 25.1. The van der Waals surface area contributed by atoms with Gasteiger partial charge in [0, 0.05) is 13.1 Å². The molecule has 9 heteroatoms. The Bertz CT molecular complexity index is 382. The Morgan fingerprint density at radius 1 is 1.27 bits per heavy atom. The summed E-state index contributed by atoms with van der Waals surface area (Å²) in [5.41, 5.74) is 0. The van der Waals surface area contributed by atoms with Crippen molar-refractivity contribution in [3.05, 3.63) is 0 Å². The average molecular weight is 326 g/mol. The molecule has 22 heavy (non-hydrogen) atoms. The molecular weight excluding hydrogens is 305 g/mol. The van der Waals surface area contributed by atoms with E-state index in [1.807, 2.05) is 0 Å². The average Bonchev–Trinajstić information content (AvgIpc) is 2.44. The van der Waals surface area contributed by atoms with E-state index in [1.54, 1.807) is 13.8 Å². The Hall–Kier alpha value is -1.35. The Morgan fingerprint density at radius 2 is 1.86 bits per heavy atom. The molecule has 0 unspecified atom stereocenters. The summed E-state index contributed by atoms with van der Waals surface area (Å²) in [7, 11) is 0. The summed E-state index contributed by atoms with van der Waals surface area (Å²) < 4.78 is 46.6. The number of morpholine rings is 1. The molecule has 0 bridgehead atoms. The van der Waals surface area contributed by atoms with E-state index >= 15 is 0 Å². The molecule has 1 aliphatic rings. The molecule has 1 N–H and O–H groups in total. The van der Waals surface area contributed by atoms with Crippen molar-refractivity contribution < 1.29 is 32.2 Å². The van der Waals surface area contributed by atoms with Gasteiger partial charge in [-0.15, -0.1) is 0 Å². The number of amides is 1. The SMILES string of the molecule is CC(C)[C@@H](NCC(F)(F)F)C(=O)OCC(=O)N1CCOCC1. The van der Waals surface area contributed by atoms with Gasteiger partial charge in [-0.2, -0.15) is 13.2 Å². The van der Waals surface area contributed by atoms with E-state index < -0.39 is 37.3 Å². The predicted octanol–water partition coefficient (Wildman–Crippen LogP) is 0.565. The minimum absolute atomic E-state index is 0.380. The quantitative estimate of drug-likeness (QED) is 0.723. The molecule has 1 amide bonds. The van der Waals surface area contributed by atoms with Gasteiger partial charge < -0.3 is 14.4 Å². The fourth-order valence-electron chi connectivity index (χ4n) is 1.94. The Kier molecular flexibility index (Phi) is 7.08. The standard InChI is InChI=1S/C13H21F3N2O4/c1-9(2)11(17-8-13(14,15)16)12(20)22-7-10(19)18-3-5-21-6-4-18/h9,11,17H,3-8H2,1-2H3/t11-/m1/s1. The maximum Gasteiger partial charge on any atom is 0.401 e. The lowest BCUT2D eigenvalue weighted by molar-refractivity contribution is -0.158. The fourth-order valence-corrected chi connectivity index (χ4v) is 1.94. The van der Waals surface area contributed by atoms with Gasteiger partial charge in [-0.25, -0.2) is 0 Å². The van der Waals surface area contributed by atoms with E-state index in [4.69, 9.17) is 9.47 Å². The van der Waals surface area contributed by atoms with Gasteiger partial charge in [-0.1, -0.05) is 13.8 Å². The number of carbonyl (C=O) groups is 2. The van der Waals surface area contributed by atoms with E-state index in [0.29, 0.717) is 26.3 Å². The maximum atomic E-state index is 12.2. The van der Waals surface area contributed by atoms with E-state index in [9.17, 15) is 22.8 Å². The molecule has 128 valence electrons. The van der Waals surface area contributed by atoms with Gasteiger partial charge in [0.05, 0.1) is 19.8 Å². The van der Waals surface area contributed by atoms with Gasteiger partial charge >= 0.3 is 12.1 Å². The second-order valence-corrected chi connectivity index (χ2v) is 5.32. The van der Waals surface area contributed by atoms with Crippen LogP contribution < -0.4 is 5.32 Å². The lowest BCUT2D eigenvalue weighted by Gasteiger charge is -2.27. The van der Waals surface area contributed by atoms with Crippen LogP contribution in [0.1, 0.15) is 13.8 Å². The van der Waals surface area contributed by atoms with Crippen molar-refractivity contribution in [2.45, 2.75) is 26.1 Å². The fraction of sp³-hybridized carbons (Fsp3) is 0.846. The summed E-state index contributed by atoms with van der Waals surface area (Å²) in [6, 6.07) is -1.11. The highest BCUT2D eigenvalue weighted by atomic mass is 19.4. The van der Waals surface area contributed by atoms with Gasteiger partial charge in [0.2, 0.25) is 0 Å². The van der Waals surface area contributed by atoms with Crippen LogP contribution in [0.4, 0.5) is 13.2 Å². The number of hydrogen-bond donors (Lipinski definition) is 1. The first-order chi connectivity index (χ1) is 10.2. The van der Waals surface area contributed by atoms with Crippen LogP contribution in [0.15, 0.2) is 0 Å². The topological polar surface area (TPSA) is 67.9 Å². The number of nitrogens with one attached hydrogen (secondary N) is 1. The predicted molar refractivity (Wildman–Crippen MR) is 71.0 cm³/mol. The summed E-state index contributed by atoms with van der Waals surface area (Å²) in [5, 5.41) is 2.12. The van der Waals surface area contributed by atoms with Crippen LogP contribution in [-0.2, 0) is 19.1 Å². The Balaban J connectivity index is 2.44. The van der Waals surface area contributed by atoms with Crippen LogP contribution in [0.2, 0.25) is 0 Å². The number of carbonyl (C=O) groups excluding carboxylic acids is 2. The number of esters is 1. The van der Waals surface area contributed by atoms with Gasteiger partial charge in [0.15, 0.2) is 6.61 Å². The molecule has 1 atom stereocenters. The number of rotatable bonds is 6. The van der Waals surface area contributed by atoms with E-state index in [2.05, 4.69) is 5.32 Å². The third kappa shape index (κ3) is 6.61.